The molecule has 0 atom stereocenters. The highest BCUT2D eigenvalue weighted by Crippen LogP contribution is 2.27. The van der Waals surface area contributed by atoms with E-state index in [1.807, 2.05) is 13.0 Å². The molecule has 0 aliphatic heterocycles. The molecule has 0 unspecified atom stereocenters. The molecule has 1 saturated carbocycles. The van der Waals surface area contributed by atoms with Crippen molar-refractivity contribution in [1.82, 2.24) is 0 Å². The van der Waals surface area contributed by atoms with E-state index in [0.29, 0.717) is 5.76 Å². The summed E-state index contributed by atoms with van der Waals surface area (Å²) in [6.45, 7) is 1.94. The van der Waals surface area contributed by atoms with Crippen molar-refractivity contribution < 1.29 is 9.21 Å². The molecule has 1 aromatic rings. The smallest absolute Gasteiger partial charge is 0.201 e. The lowest BCUT2D eigenvalue weighted by atomic mass is 9.93. The summed E-state index contributed by atoms with van der Waals surface area (Å²) in [5.41, 5.74) is 0.976. The number of furan rings is 1. The summed E-state index contributed by atoms with van der Waals surface area (Å²) in [4.78, 5) is 12.1. The molecule has 0 N–H and O–H groups in total. The van der Waals surface area contributed by atoms with Crippen molar-refractivity contribution in [2.75, 3.05) is 0 Å². The van der Waals surface area contributed by atoms with E-state index in [9.17, 15) is 4.79 Å². The van der Waals surface area contributed by atoms with Crippen LogP contribution >= 0.6 is 0 Å². The van der Waals surface area contributed by atoms with Crippen molar-refractivity contribution >= 4 is 5.78 Å². The zero-order valence-electron chi connectivity index (χ0n) is 9.29. The quantitative estimate of drug-likeness (QED) is 0.545. The average Bonchev–Trinajstić information content (AvgIpc) is 2.53. The SMILES string of the molecule is Cc1ccoc1C(=O)C1CCCCCC1. The highest BCUT2D eigenvalue weighted by atomic mass is 16.3. The van der Waals surface area contributed by atoms with E-state index in [2.05, 4.69) is 0 Å². The summed E-state index contributed by atoms with van der Waals surface area (Å²) < 4.78 is 5.27. The third-order valence-electron chi connectivity index (χ3n) is 3.31. The molecular formula is C13H18O2. The van der Waals surface area contributed by atoms with Crippen LogP contribution in [0.2, 0.25) is 0 Å². The van der Waals surface area contributed by atoms with Crippen LogP contribution in [0.25, 0.3) is 0 Å². The summed E-state index contributed by atoms with van der Waals surface area (Å²) in [6.07, 6.45) is 8.63. The fourth-order valence-electron chi connectivity index (χ4n) is 2.35. The lowest BCUT2D eigenvalue weighted by Gasteiger charge is -2.10. The molecule has 0 spiro atoms. The fraction of sp³-hybridized carbons (Fsp3) is 0.615. The predicted octanol–water partition coefficient (Wildman–Crippen LogP) is 3.74. The van der Waals surface area contributed by atoms with Gasteiger partial charge in [0.25, 0.3) is 0 Å². The Bertz CT molecular complexity index is 330. The molecule has 1 aromatic heterocycles. The molecule has 0 amide bonds. The zero-order chi connectivity index (χ0) is 10.7. The average molecular weight is 206 g/mol. The Kier molecular flexibility index (Phi) is 3.24. The first kappa shape index (κ1) is 10.5. The van der Waals surface area contributed by atoms with Crippen LogP contribution in [0.15, 0.2) is 16.7 Å². The predicted molar refractivity (Wildman–Crippen MR) is 59.0 cm³/mol. The molecule has 1 fully saturated rings. The van der Waals surface area contributed by atoms with Gasteiger partial charge in [0.2, 0.25) is 5.78 Å². The Balaban J connectivity index is 2.09. The monoisotopic (exact) mass is 206 g/mol. The Morgan fingerprint density at radius 3 is 2.47 bits per heavy atom. The molecule has 0 saturated heterocycles. The van der Waals surface area contributed by atoms with Gasteiger partial charge in [-0.1, -0.05) is 25.7 Å². The van der Waals surface area contributed by atoms with E-state index in [1.165, 1.54) is 25.7 Å². The van der Waals surface area contributed by atoms with E-state index in [4.69, 9.17) is 4.42 Å². The van der Waals surface area contributed by atoms with Gasteiger partial charge in [-0.25, -0.2) is 0 Å². The molecule has 82 valence electrons. The lowest BCUT2D eigenvalue weighted by Crippen LogP contribution is -2.14. The number of carbonyl (C=O) groups is 1. The minimum atomic E-state index is 0.206. The number of rotatable bonds is 2. The molecule has 2 heteroatoms. The van der Waals surface area contributed by atoms with Crippen LogP contribution in [-0.4, -0.2) is 5.78 Å². The maximum Gasteiger partial charge on any atom is 0.201 e. The molecule has 15 heavy (non-hydrogen) atoms. The maximum atomic E-state index is 12.1. The van der Waals surface area contributed by atoms with Gasteiger partial charge in [0.15, 0.2) is 5.76 Å². The molecule has 0 radical (unpaired) electrons. The zero-order valence-corrected chi connectivity index (χ0v) is 9.29. The first-order valence-electron chi connectivity index (χ1n) is 5.87. The molecule has 1 heterocycles. The second-order valence-corrected chi connectivity index (χ2v) is 4.49. The van der Waals surface area contributed by atoms with Crippen LogP contribution in [0, 0.1) is 12.8 Å². The number of carbonyl (C=O) groups excluding carboxylic acids is 1. The van der Waals surface area contributed by atoms with Gasteiger partial charge in [-0.15, -0.1) is 0 Å². The summed E-state index contributed by atoms with van der Waals surface area (Å²) in [5.74, 6) is 1.01. The van der Waals surface area contributed by atoms with Crippen LogP contribution in [0.3, 0.4) is 0 Å². The molecular weight excluding hydrogens is 188 g/mol. The van der Waals surface area contributed by atoms with Crippen LogP contribution in [-0.2, 0) is 0 Å². The van der Waals surface area contributed by atoms with E-state index >= 15 is 0 Å². The molecule has 2 rings (SSSR count). The molecule has 1 aliphatic rings. The molecule has 1 aliphatic carbocycles. The van der Waals surface area contributed by atoms with Crippen molar-refractivity contribution in [3.05, 3.63) is 23.7 Å². The van der Waals surface area contributed by atoms with Gasteiger partial charge >= 0.3 is 0 Å². The summed E-state index contributed by atoms with van der Waals surface area (Å²) >= 11 is 0. The van der Waals surface area contributed by atoms with Crippen molar-refractivity contribution in [1.29, 1.82) is 0 Å². The highest BCUT2D eigenvalue weighted by molar-refractivity contribution is 5.96. The van der Waals surface area contributed by atoms with Gasteiger partial charge in [-0.05, 0) is 31.4 Å². The van der Waals surface area contributed by atoms with E-state index in [0.717, 1.165) is 18.4 Å². The number of hydrogen-bond donors (Lipinski definition) is 0. The fourth-order valence-corrected chi connectivity index (χ4v) is 2.35. The highest BCUT2D eigenvalue weighted by Gasteiger charge is 2.24. The van der Waals surface area contributed by atoms with Crippen LogP contribution in [0.5, 0.6) is 0 Å². The minimum Gasteiger partial charge on any atom is -0.461 e. The van der Waals surface area contributed by atoms with Crippen molar-refractivity contribution in [3.8, 4) is 0 Å². The third kappa shape index (κ3) is 2.31. The Hall–Kier alpha value is -1.05. The molecule has 0 bridgehead atoms. The minimum absolute atomic E-state index is 0.206. The van der Waals surface area contributed by atoms with Crippen LogP contribution in [0.1, 0.15) is 54.6 Å². The Morgan fingerprint density at radius 1 is 1.27 bits per heavy atom. The lowest BCUT2D eigenvalue weighted by molar-refractivity contribution is 0.0878. The maximum absolute atomic E-state index is 12.1. The standard InChI is InChI=1S/C13H18O2/c1-10-8-9-15-13(10)12(14)11-6-4-2-3-5-7-11/h8-9,11H,2-7H2,1H3. The van der Waals surface area contributed by atoms with Gasteiger partial charge in [-0.2, -0.15) is 0 Å². The van der Waals surface area contributed by atoms with Gasteiger partial charge in [0.1, 0.15) is 0 Å². The summed E-state index contributed by atoms with van der Waals surface area (Å²) in [5, 5.41) is 0. The van der Waals surface area contributed by atoms with Crippen molar-refractivity contribution in [2.24, 2.45) is 5.92 Å². The van der Waals surface area contributed by atoms with Crippen LogP contribution < -0.4 is 0 Å². The van der Waals surface area contributed by atoms with Crippen molar-refractivity contribution in [2.45, 2.75) is 45.4 Å². The van der Waals surface area contributed by atoms with E-state index in [-0.39, 0.29) is 11.7 Å². The van der Waals surface area contributed by atoms with E-state index < -0.39 is 0 Å². The first-order valence-corrected chi connectivity index (χ1v) is 5.87. The summed E-state index contributed by atoms with van der Waals surface area (Å²) in [6, 6.07) is 1.87. The number of aryl methyl sites for hydroxylation is 1. The number of Topliss-reactive ketones (excluding diaryl/α,β-unsaturated/α-hetero) is 1. The topological polar surface area (TPSA) is 30.2 Å². The Morgan fingerprint density at radius 2 is 1.93 bits per heavy atom. The van der Waals surface area contributed by atoms with Gasteiger partial charge in [-0.3, -0.25) is 4.79 Å². The Labute approximate surface area is 90.7 Å². The first-order chi connectivity index (χ1) is 7.29. The normalized spacial score (nSPS) is 18.7. The second-order valence-electron chi connectivity index (χ2n) is 4.49. The van der Waals surface area contributed by atoms with Gasteiger partial charge < -0.3 is 4.42 Å². The molecule has 0 aromatic carbocycles. The summed E-state index contributed by atoms with van der Waals surface area (Å²) in [7, 11) is 0. The number of ketones is 1. The largest absolute Gasteiger partial charge is 0.461 e. The van der Waals surface area contributed by atoms with Gasteiger partial charge in [0, 0.05) is 5.92 Å². The van der Waals surface area contributed by atoms with Crippen molar-refractivity contribution in [3.63, 3.8) is 0 Å². The molecule has 2 nitrogen and oxygen atoms in total. The second kappa shape index (κ2) is 4.65. The third-order valence-corrected chi connectivity index (χ3v) is 3.31. The van der Waals surface area contributed by atoms with Gasteiger partial charge in [0.05, 0.1) is 6.26 Å². The number of hydrogen-bond acceptors (Lipinski definition) is 2. The van der Waals surface area contributed by atoms with E-state index in [1.54, 1.807) is 6.26 Å². The van der Waals surface area contributed by atoms with Crippen LogP contribution in [0.4, 0.5) is 0 Å².